The Labute approximate surface area is 133 Å². The van der Waals surface area contributed by atoms with Crippen LogP contribution in [-0.4, -0.2) is 19.9 Å². The number of nitrogens with one attached hydrogen (secondary N) is 2. The number of halogens is 1. The van der Waals surface area contributed by atoms with E-state index in [2.05, 4.69) is 21.9 Å². The molecule has 0 radical (unpaired) electrons. The monoisotopic (exact) mass is 345 g/mol. The largest absolute Gasteiger partial charge is 0.384 e. The first-order valence-corrected chi connectivity index (χ1v) is 9.17. The Balaban J connectivity index is 2.03. The van der Waals surface area contributed by atoms with Crippen LogP contribution >= 0.6 is 22.9 Å². The van der Waals surface area contributed by atoms with Gasteiger partial charge in [0.15, 0.2) is 0 Å². The molecule has 0 aliphatic heterocycles. The first-order chi connectivity index (χ1) is 10.0. The van der Waals surface area contributed by atoms with Crippen LogP contribution in [0.5, 0.6) is 0 Å². The van der Waals surface area contributed by atoms with Crippen LogP contribution < -0.4 is 10.0 Å². The van der Waals surface area contributed by atoms with E-state index in [1.54, 1.807) is 24.4 Å². The van der Waals surface area contributed by atoms with Crippen LogP contribution in [0, 0.1) is 0 Å². The van der Waals surface area contributed by atoms with Crippen molar-refractivity contribution in [1.82, 2.24) is 4.98 Å². The summed E-state index contributed by atoms with van der Waals surface area (Å²) in [6.45, 7) is 2.99. The highest BCUT2D eigenvalue weighted by molar-refractivity contribution is 7.94. The van der Waals surface area contributed by atoms with Gasteiger partial charge in [-0.25, -0.2) is 13.4 Å². The summed E-state index contributed by atoms with van der Waals surface area (Å²) in [5.74, 6) is 0.278. The molecule has 0 unspecified atom stereocenters. The Morgan fingerprint density at radius 1 is 1.29 bits per heavy atom. The van der Waals surface area contributed by atoms with E-state index in [4.69, 9.17) is 11.6 Å². The number of rotatable bonds is 7. The molecule has 2 N–H and O–H groups in total. The van der Waals surface area contributed by atoms with Gasteiger partial charge in [0.05, 0.1) is 16.2 Å². The molecule has 114 valence electrons. The maximum absolute atomic E-state index is 12.1. The van der Waals surface area contributed by atoms with Gasteiger partial charge < -0.3 is 5.32 Å². The van der Waals surface area contributed by atoms with Crippen LogP contribution in [0.1, 0.15) is 19.8 Å². The number of unbranched alkanes of at least 4 members (excludes halogenated alkanes) is 1. The zero-order valence-electron chi connectivity index (χ0n) is 11.5. The molecule has 0 aliphatic rings. The zero-order valence-corrected chi connectivity index (χ0v) is 13.9. The molecular weight excluding hydrogens is 330 g/mol. The average molecular weight is 346 g/mol. The van der Waals surface area contributed by atoms with E-state index in [1.165, 1.54) is 6.07 Å². The Morgan fingerprint density at radius 2 is 2.10 bits per heavy atom. The van der Waals surface area contributed by atoms with E-state index in [0.717, 1.165) is 36.4 Å². The van der Waals surface area contributed by atoms with Crippen LogP contribution in [0.4, 0.5) is 11.5 Å². The fourth-order valence-electron chi connectivity index (χ4n) is 1.60. The summed E-state index contributed by atoms with van der Waals surface area (Å²) in [6, 6.07) is 6.44. The highest BCUT2D eigenvalue weighted by atomic mass is 35.5. The van der Waals surface area contributed by atoms with Gasteiger partial charge in [-0.05, 0) is 30.7 Å². The summed E-state index contributed by atoms with van der Waals surface area (Å²) in [4.78, 5) is 4.09. The molecule has 5 nitrogen and oxygen atoms in total. The molecule has 0 fully saturated rings. The molecule has 2 aromatic heterocycles. The highest BCUT2D eigenvalue weighted by Crippen LogP contribution is 2.26. The van der Waals surface area contributed by atoms with Gasteiger partial charge >= 0.3 is 0 Å². The van der Waals surface area contributed by atoms with Crippen molar-refractivity contribution in [1.29, 1.82) is 0 Å². The van der Waals surface area contributed by atoms with Crippen molar-refractivity contribution >= 4 is 44.5 Å². The lowest BCUT2D eigenvalue weighted by Crippen LogP contribution is -2.12. The predicted octanol–water partition coefficient (Wildman–Crippen LogP) is 3.81. The third kappa shape index (κ3) is 4.59. The zero-order chi connectivity index (χ0) is 15.3. The minimum atomic E-state index is -3.63. The molecular formula is C13H16ClN3O2S2. The molecule has 21 heavy (non-hydrogen) atoms. The number of sulfonamides is 1. The van der Waals surface area contributed by atoms with Crippen molar-refractivity contribution in [3.05, 3.63) is 34.8 Å². The second-order valence-corrected chi connectivity index (χ2v) is 8.00. The van der Waals surface area contributed by atoms with Gasteiger partial charge in [-0.1, -0.05) is 24.9 Å². The summed E-state index contributed by atoms with van der Waals surface area (Å²) < 4.78 is 27.2. The van der Waals surface area contributed by atoms with Crippen LogP contribution in [0.3, 0.4) is 0 Å². The smallest absolute Gasteiger partial charge is 0.272 e. The van der Waals surface area contributed by atoms with E-state index in [1.807, 2.05) is 0 Å². The maximum atomic E-state index is 12.1. The number of thiophene rings is 1. The normalized spacial score (nSPS) is 11.3. The van der Waals surface area contributed by atoms with Crippen LogP contribution in [0.2, 0.25) is 4.34 Å². The van der Waals surface area contributed by atoms with Gasteiger partial charge in [0.1, 0.15) is 10.0 Å². The molecule has 2 rings (SSSR count). The molecule has 2 heterocycles. The number of aromatic nitrogens is 1. The summed E-state index contributed by atoms with van der Waals surface area (Å²) in [7, 11) is -3.63. The van der Waals surface area contributed by atoms with E-state index in [0.29, 0.717) is 4.34 Å². The van der Waals surface area contributed by atoms with Crippen LogP contribution in [-0.2, 0) is 10.0 Å². The van der Waals surface area contributed by atoms with Gasteiger partial charge in [-0.15, -0.1) is 11.3 Å². The minimum Gasteiger partial charge on any atom is -0.384 e. The van der Waals surface area contributed by atoms with Crippen molar-refractivity contribution in [2.45, 2.75) is 24.0 Å². The fourth-order valence-corrected chi connectivity index (χ4v) is 4.09. The van der Waals surface area contributed by atoms with Crippen molar-refractivity contribution in [2.24, 2.45) is 0 Å². The fraction of sp³-hybridized carbons (Fsp3) is 0.308. The van der Waals surface area contributed by atoms with Gasteiger partial charge in [-0.3, -0.25) is 4.72 Å². The molecule has 0 saturated heterocycles. The predicted molar refractivity (Wildman–Crippen MR) is 87.8 cm³/mol. The highest BCUT2D eigenvalue weighted by Gasteiger charge is 2.17. The molecule has 0 spiro atoms. The molecule has 0 aromatic carbocycles. The summed E-state index contributed by atoms with van der Waals surface area (Å²) in [6.07, 6.45) is 3.80. The molecule has 0 amide bonds. The molecule has 2 aromatic rings. The topological polar surface area (TPSA) is 71.1 Å². The maximum Gasteiger partial charge on any atom is 0.272 e. The van der Waals surface area contributed by atoms with Crippen molar-refractivity contribution < 1.29 is 8.42 Å². The third-order valence-corrected chi connectivity index (χ3v) is 5.75. The van der Waals surface area contributed by atoms with E-state index in [9.17, 15) is 8.42 Å². The standard InChI is InChI=1S/C13H16ClN3O2S2/c1-2-3-8-15-10-4-6-12(16-9-10)17-21(18,19)13-7-5-11(14)20-13/h4-7,9,15H,2-3,8H2,1H3,(H,16,17). The second-order valence-electron chi connectivity index (χ2n) is 4.38. The average Bonchev–Trinajstić information content (AvgIpc) is 2.88. The summed E-state index contributed by atoms with van der Waals surface area (Å²) in [5.41, 5.74) is 0.866. The number of nitrogens with zero attached hydrogens (tertiary/aromatic N) is 1. The van der Waals surface area contributed by atoms with E-state index < -0.39 is 10.0 Å². The number of anilines is 2. The van der Waals surface area contributed by atoms with E-state index in [-0.39, 0.29) is 10.0 Å². The molecule has 8 heteroatoms. The minimum absolute atomic E-state index is 0.166. The first-order valence-electron chi connectivity index (χ1n) is 6.49. The van der Waals surface area contributed by atoms with Crippen LogP contribution in [0.15, 0.2) is 34.7 Å². The molecule has 0 aliphatic carbocycles. The van der Waals surface area contributed by atoms with Crippen molar-refractivity contribution in [3.8, 4) is 0 Å². The van der Waals surface area contributed by atoms with Gasteiger partial charge in [0.2, 0.25) is 0 Å². The lowest BCUT2D eigenvalue weighted by atomic mass is 10.3. The Bertz CT molecular complexity index is 684. The number of hydrogen-bond acceptors (Lipinski definition) is 5. The SMILES string of the molecule is CCCCNc1ccc(NS(=O)(=O)c2ccc(Cl)s2)nc1. The summed E-state index contributed by atoms with van der Waals surface area (Å²) in [5, 5.41) is 3.22. The van der Waals surface area contributed by atoms with Gasteiger partial charge in [0, 0.05) is 6.54 Å². The number of hydrogen-bond donors (Lipinski definition) is 2. The number of pyridine rings is 1. The lowest BCUT2D eigenvalue weighted by Gasteiger charge is -2.08. The second kappa shape index (κ2) is 7.11. The Morgan fingerprint density at radius 3 is 2.67 bits per heavy atom. The van der Waals surface area contributed by atoms with E-state index >= 15 is 0 Å². The molecule has 0 saturated carbocycles. The van der Waals surface area contributed by atoms with Crippen molar-refractivity contribution in [3.63, 3.8) is 0 Å². The van der Waals surface area contributed by atoms with Crippen LogP contribution in [0.25, 0.3) is 0 Å². The van der Waals surface area contributed by atoms with Crippen molar-refractivity contribution in [2.75, 3.05) is 16.6 Å². The lowest BCUT2D eigenvalue weighted by molar-refractivity contribution is 0.603. The Hall–Kier alpha value is -1.31. The molecule has 0 atom stereocenters. The van der Waals surface area contributed by atoms with Gasteiger partial charge in [0.25, 0.3) is 10.0 Å². The quantitative estimate of drug-likeness (QED) is 0.748. The Kier molecular flexibility index (Phi) is 5.44. The van der Waals surface area contributed by atoms with Gasteiger partial charge in [-0.2, -0.15) is 0 Å². The third-order valence-electron chi connectivity index (χ3n) is 2.68. The summed E-state index contributed by atoms with van der Waals surface area (Å²) >= 11 is 6.76. The molecule has 0 bridgehead atoms. The first kappa shape index (κ1) is 16.1.